The standard InChI is InChI=1S/C18H22N2O2/c1-20(12-14-8-10-22-13-14)18(21)16-6-4-15(5-7-16)17-3-2-9-19-11-17/h4-8,10,13,17,19H,2-3,9,11-12H2,1H3/t17-/m0/s1. The third kappa shape index (κ3) is 3.39. The Labute approximate surface area is 131 Å². The van der Waals surface area contributed by atoms with Gasteiger partial charge in [0, 0.05) is 31.3 Å². The number of hydrogen-bond acceptors (Lipinski definition) is 3. The lowest BCUT2D eigenvalue weighted by atomic mass is 9.91. The van der Waals surface area contributed by atoms with Crippen LogP contribution in [0, 0.1) is 0 Å². The van der Waals surface area contributed by atoms with E-state index in [0.29, 0.717) is 12.5 Å². The molecule has 3 rings (SSSR count). The van der Waals surface area contributed by atoms with Gasteiger partial charge in [-0.1, -0.05) is 12.1 Å². The van der Waals surface area contributed by atoms with Crippen LogP contribution in [0.3, 0.4) is 0 Å². The monoisotopic (exact) mass is 298 g/mol. The molecule has 1 aromatic heterocycles. The topological polar surface area (TPSA) is 45.5 Å². The lowest BCUT2D eigenvalue weighted by Crippen LogP contribution is -2.28. The molecule has 1 aliphatic heterocycles. The van der Waals surface area contributed by atoms with E-state index < -0.39 is 0 Å². The zero-order chi connectivity index (χ0) is 15.4. The van der Waals surface area contributed by atoms with Gasteiger partial charge in [0.1, 0.15) is 0 Å². The van der Waals surface area contributed by atoms with Crippen molar-refractivity contribution in [2.45, 2.75) is 25.3 Å². The van der Waals surface area contributed by atoms with Crippen molar-refractivity contribution >= 4 is 5.91 Å². The average Bonchev–Trinajstić information content (AvgIpc) is 3.08. The Kier molecular flexibility index (Phi) is 4.59. The van der Waals surface area contributed by atoms with Gasteiger partial charge in [0.25, 0.3) is 5.91 Å². The van der Waals surface area contributed by atoms with Crippen LogP contribution in [0.5, 0.6) is 0 Å². The zero-order valence-electron chi connectivity index (χ0n) is 12.9. The van der Waals surface area contributed by atoms with E-state index in [-0.39, 0.29) is 5.91 Å². The van der Waals surface area contributed by atoms with E-state index in [1.165, 1.54) is 18.4 Å². The summed E-state index contributed by atoms with van der Waals surface area (Å²) in [6, 6.07) is 9.95. The van der Waals surface area contributed by atoms with Gasteiger partial charge >= 0.3 is 0 Å². The summed E-state index contributed by atoms with van der Waals surface area (Å²) in [6.07, 6.45) is 5.74. The van der Waals surface area contributed by atoms with Gasteiger partial charge in [0.05, 0.1) is 12.5 Å². The fourth-order valence-corrected chi connectivity index (χ4v) is 2.98. The molecule has 116 valence electrons. The molecule has 4 heteroatoms. The maximum atomic E-state index is 12.4. The van der Waals surface area contributed by atoms with E-state index in [2.05, 4.69) is 17.4 Å². The average molecular weight is 298 g/mol. The SMILES string of the molecule is CN(Cc1ccoc1)C(=O)c1ccc([C@H]2CCCNC2)cc1. The van der Waals surface area contributed by atoms with E-state index in [0.717, 1.165) is 24.2 Å². The third-order valence-corrected chi connectivity index (χ3v) is 4.27. The molecule has 0 spiro atoms. The van der Waals surface area contributed by atoms with Crippen LogP contribution in [0.15, 0.2) is 47.3 Å². The van der Waals surface area contributed by atoms with Crippen LogP contribution in [-0.4, -0.2) is 30.9 Å². The van der Waals surface area contributed by atoms with Crippen molar-refractivity contribution in [1.29, 1.82) is 0 Å². The Morgan fingerprint density at radius 3 is 2.77 bits per heavy atom. The predicted molar refractivity (Wildman–Crippen MR) is 85.8 cm³/mol. The number of piperidine rings is 1. The first-order chi connectivity index (χ1) is 10.7. The van der Waals surface area contributed by atoms with Gasteiger partial charge in [-0.25, -0.2) is 0 Å². The van der Waals surface area contributed by atoms with Gasteiger partial charge in [0.2, 0.25) is 0 Å². The highest BCUT2D eigenvalue weighted by Gasteiger charge is 2.17. The Morgan fingerprint density at radius 1 is 1.32 bits per heavy atom. The number of benzene rings is 1. The fourth-order valence-electron chi connectivity index (χ4n) is 2.98. The zero-order valence-corrected chi connectivity index (χ0v) is 12.9. The molecule has 22 heavy (non-hydrogen) atoms. The summed E-state index contributed by atoms with van der Waals surface area (Å²) in [4.78, 5) is 14.2. The maximum absolute atomic E-state index is 12.4. The van der Waals surface area contributed by atoms with Crippen molar-refractivity contribution in [3.63, 3.8) is 0 Å². The number of furan rings is 1. The minimum absolute atomic E-state index is 0.0366. The van der Waals surface area contributed by atoms with Crippen LogP contribution in [0.4, 0.5) is 0 Å². The summed E-state index contributed by atoms with van der Waals surface area (Å²) >= 11 is 0. The van der Waals surface area contributed by atoms with Crippen molar-refractivity contribution < 1.29 is 9.21 Å². The Hall–Kier alpha value is -2.07. The number of rotatable bonds is 4. The Balaban J connectivity index is 1.65. The van der Waals surface area contributed by atoms with Crippen LogP contribution in [0.2, 0.25) is 0 Å². The maximum Gasteiger partial charge on any atom is 0.253 e. The molecule has 0 aliphatic carbocycles. The van der Waals surface area contributed by atoms with Crippen LogP contribution >= 0.6 is 0 Å². The molecule has 0 bridgehead atoms. The van der Waals surface area contributed by atoms with E-state index >= 15 is 0 Å². The first-order valence-electron chi connectivity index (χ1n) is 7.81. The van der Waals surface area contributed by atoms with Gasteiger partial charge in [0.15, 0.2) is 0 Å². The van der Waals surface area contributed by atoms with E-state index in [9.17, 15) is 4.79 Å². The second-order valence-electron chi connectivity index (χ2n) is 5.96. The molecule has 2 heterocycles. The van der Waals surface area contributed by atoms with Gasteiger partial charge in [-0.2, -0.15) is 0 Å². The van der Waals surface area contributed by atoms with E-state index in [1.54, 1.807) is 17.4 Å². The minimum Gasteiger partial charge on any atom is -0.472 e. The number of nitrogens with zero attached hydrogens (tertiary/aromatic N) is 1. The highest BCUT2D eigenvalue weighted by atomic mass is 16.3. The molecule has 2 aromatic rings. The Morgan fingerprint density at radius 2 is 2.14 bits per heavy atom. The number of hydrogen-bond donors (Lipinski definition) is 1. The molecule has 1 atom stereocenters. The molecular weight excluding hydrogens is 276 g/mol. The van der Waals surface area contributed by atoms with Crippen molar-refractivity contribution in [2.75, 3.05) is 20.1 Å². The van der Waals surface area contributed by atoms with Crippen LogP contribution < -0.4 is 5.32 Å². The highest BCUT2D eigenvalue weighted by Crippen LogP contribution is 2.23. The van der Waals surface area contributed by atoms with E-state index in [4.69, 9.17) is 4.42 Å². The summed E-state index contributed by atoms with van der Waals surface area (Å²) in [7, 11) is 1.81. The number of amides is 1. The first kappa shape index (κ1) is 14.9. The number of nitrogens with one attached hydrogen (secondary N) is 1. The molecule has 0 radical (unpaired) electrons. The largest absolute Gasteiger partial charge is 0.472 e. The van der Waals surface area contributed by atoms with E-state index in [1.807, 2.05) is 25.2 Å². The van der Waals surface area contributed by atoms with Crippen molar-refractivity contribution in [2.24, 2.45) is 0 Å². The molecule has 0 unspecified atom stereocenters. The lowest BCUT2D eigenvalue weighted by Gasteiger charge is -2.23. The van der Waals surface area contributed by atoms with Crippen molar-refractivity contribution in [3.8, 4) is 0 Å². The van der Waals surface area contributed by atoms with Crippen LogP contribution in [-0.2, 0) is 6.54 Å². The van der Waals surface area contributed by atoms with Crippen molar-refractivity contribution in [3.05, 3.63) is 59.5 Å². The second kappa shape index (κ2) is 6.79. The minimum atomic E-state index is 0.0366. The Bertz CT molecular complexity index is 599. The van der Waals surface area contributed by atoms with Crippen LogP contribution in [0.25, 0.3) is 0 Å². The molecule has 1 aromatic carbocycles. The quantitative estimate of drug-likeness (QED) is 0.943. The summed E-state index contributed by atoms with van der Waals surface area (Å²) < 4.78 is 5.04. The van der Waals surface area contributed by atoms with Gasteiger partial charge in [-0.3, -0.25) is 4.79 Å². The molecule has 0 saturated carbocycles. The molecule has 1 amide bonds. The second-order valence-corrected chi connectivity index (χ2v) is 5.96. The van der Waals surface area contributed by atoms with Gasteiger partial charge < -0.3 is 14.6 Å². The highest BCUT2D eigenvalue weighted by molar-refractivity contribution is 5.94. The predicted octanol–water partition coefficient (Wildman–Crippen LogP) is 3.02. The smallest absolute Gasteiger partial charge is 0.253 e. The van der Waals surface area contributed by atoms with Gasteiger partial charge in [-0.05, 0) is 49.1 Å². The molecule has 1 saturated heterocycles. The van der Waals surface area contributed by atoms with Crippen LogP contribution in [0.1, 0.15) is 40.2 Å². The molecule has 1 N–H and O–H groups in total. The first-order valence-corrected chi connectivity index (χ1v) is 7.81. The summed E-state index contributed by atoms with van der Waals surface area (Å²) in [5.74, 6) is 0.607. The van der Waals surface area contributed by atoms with Crippen molar-refractivity contribution in [1.82, 2.24) is 10.2 Å². The number of carbonyl (C=O) groups is 1. The van der Waals surface area contributed by atoms with Gasteiger partial charge in [-0.15, -0.1) is 0 Å². The normalized spacial score (nSPS) is 18.1. The molecule has 4 nitrogen and oxygen atoms in total. The summed E-state index contributed by atoms with van der Waals surface area (Å²) in [6.45, 7) is 2.71. The lowest BCUT2D eigenvalue weighted by molar-refractivity contribution is 0.0785. The molecule has 1 fully saturated rings. The molecular formula is C18H22N2O2. The summed E-state index contributed by atoms with van der Waals surface area (Å²) in [5, 5.41) is 3.43. The molecule has 1 aliphatic rings. The number of carbonyl (C=O) groups excluding carboxylic acids is 1. The fraction of sp³-hybridized carbons (Fsp3) is 0.389. The third-order valence-electron chi connectivity index (χ3n) is 4.27. The summed E-state index contributed by atoms with van der Waals surface area (Å²) in [5.41, 5.74) is 3.06.